The topological polar surface area (TPSA) is 155 Å². The Morgan fingerprint density at radius 3 is 2.48 bits per heavy atom. The average molecular weight is 695 g/mol. The Morgan fingerprint density at radius 2 is 1.81 bits per heavy atom. The zero-order chi connectivity index (χ0) is 35.0. The summed E-state index contributed by atoms with van der Waals surface area (Å²) in [5.41, 5.74) is -0.901. The molecule has 4 aromatic rings. The number of carbonyl (C=O) groups excluding carboxylic acids is 2. The van der Waals surface area contributed by atoms with Crippen LogP contribution in [-0.4, -0.2) is 59.6 Å². The molecular formula is C31H24ClF5N4O7. The van der Waals surface area contributed by atoms with Crippen LogP contribution in [0.2, 0.25) is 5.02 Å². The first-order valence-electron chi connectivity index (χ1n) is 14.0. The molecule has 0 unspecified atom stereocenters. The Labute approximate surface area is 272 Å². The van der Waals surface area contributed by atoms with Gasteiger partial charge in [-0.2, -0.15) is 13.2 Å². The number of benzene rings is 2. The Morgan fingerprint density at radius 1 is 1.10 bits per heavy atom. The summed E-state index contributed by atoms with van der Waals surface area (Å²) in [5, 5.41) is 14.1. The highest BCUT2D eigenvalue weighted by Gasteiger charge is 2.58. The number of primary amides is 1. The Kier molecular flexibility index (Phi) is 7.59. The van der Waals surface area contributed by atoms with E-state index in [9.17, 15) is 36.6 Å². The highest BCUT2D eigenvalue weighted by atomic mass is 35.5. The van der Waals surface area contributed by atoms with E-state index in [0.717, 1.165) is 18.2 Å². The summed E-state index contributed by atoms with van der Waals surface area (Å²) < 4.78 is 91.8. The van der Waals surface area contributed by atoms with E-state index in [0.29, 0.717) is 16.6 Å². The Bertz CT molecular complexity index is 2030. The lowest BCUT2D eigenvalue weighted by Crippen LogP contribution is -2.51. The van der Waals surface area contributed by atoms with Crippen molar-refractivity contribution in [2.45, 2.75) is 37.3 Å². The van der Waals surface area contributed by atoms with E-state index in [-0.39, 0.29) is 44.7 Å². The van der Waals surface area contributed by atoms with Gasteiger partial charge in [-0.15, -0.1) is 8.78 Å². The molecule has 17 heteroatoms. The van der Waals surface area contributed by atoms with Crippen molar-refractivity contribution >= 4 is 34.3 Å². The highest BCUT2D eigenvalue weighted by Crippen LogP contribution is 2.50. The first-order chi connectivity index (χ1) is 22.4. The van der Waals surface area contributed by atoms with E-state index in [1.165, 1.54) is 38.3 Å². The number of nitrogens with one attached hydrogen (secondary N) is 1. The molecule has 4 heterocycles. The van der Waals surface area contributed by atoms with Crippen LogP contribution in [0.3, 0.4) is 0 Å². The zero-order valence-corrected chi connectivity index (χ0v) is 25.8. The predicted octanol–water partition coefficient (Wildman–Crippen LogP) is 4.90. The summed E-state index contributed by atoms with van der Waals surface area (Å²) in [6.07, 6.45) is -9.46. The molecule has 11 nitrogen and oxygen atoms in total. The summed E-state index contributed by atoms with van der Waals surface area (Å²) in [7, 11) is 1.32. The number of aryl methyl sites for hydroxylation is 1. The van der Waals surface area contributed by atoms with Crippen LogP contribution in [0, 0.1) is 6.92 Å². The second-order valence-corrected chi connectivity index (χ2v) is 11.8. The summed E-state index contributed by atoms with van der Waals surface area (Å²) in [4.78, 5) is 34.2. The molecule has 0 saturated carbocycles. The van der Waals surface area contributed by atoms with Gasteiger partial charge >= 0.3 is 12.5 Å². The molecule has 2 aromatic heterocycles. The smallest absolute Gasteiger partial charge is 0.494 e. The number of carbonyl (C=O) groups is 2. The summed E-state index contributed by atoms with van der Waals surface area (Å²) >= 11 is 6.18. The van der Waals surface area contributed by atoms with Crippen LogP contribution >= 0.6 is 11.6 Å². The number of fused-ring (bicyclic) bond motifs is 3. The van der Waals surface area contributed by atoms with Crippen molar-refractivity contribution in [2.24, 2.45) is 5.73 Å². The van der Waals surface area contributed by atoms with Crippen molar-refractivity contribution in [1.29, 1.82) is 0 Å². The first kappa shape index (κ1) is 33.0. The van der Waals surface area contributed by atoms with Gasteiger partial charge in [-0.25, -0.2) is 9.97 Å². The number of hydrogen-bond acceptors (Lipinski definition) is 9. The van der Waals surface area contributed by atoms with Crippen molar-refractivity contribution in [1.82, 2.24) is 15.3 Å². The lowest BCUT2D eigenvalue weighted by atomic mass is 9.81. The van der Waals surface area contributed by atoms with Gasteiger partial charge in [0.05, 0.1) is 30.1 Å². The molecule has 0 radical (unpaired) electrons. The zero-order valence-electron chi connectivity index (χ0n) is 25.1. The van der Waals surface area contributed by atoms with E-state index in [1.807, 2.05) is 0 Å². The van der Waals surface area contributed by atoms with Crippen LogP contribution in [-0.2, 0) is 15.8 Å². The molecule has 2 aliphatic rings. The lowest BCUT2D eigenvalue weighted by Gasteiger charge is -2.31. The number of halogens is 6. The minimum Gasteiger partial charge on any atom is -0.494 e. The van der Waals surface area contributed by atoms with Gasteiger partial charge in [0.25, 0.3) is 5.91 Å². The number of aliphatic hydroxyl groups is 1. The number of aromatic nitrogens is 2. The van der Waals surface area contributed by atoms with Gasteiger partial charge in [0, 0.05) is 22.1 Å². The normalized spacial score (nSPS) is 19.0. The molecule has 0 spiro atoms. The maximum Gasteiger partial charge on any atom is 0.586 e. The fourth-order valence-electron chi connectivity index (χ4n) is 5.35. The van der Waals surface area contributed by atoms with E-state index >= 15 is 0 Å². The average Bonchev–Trinajstić information content (AvgIpc) is 3.53. The fourth-order valence-corrected chi connectivity index (χ4v) is 5.51. The summed E-state index contributed by atoms with van der Waals surface area (Å²) in [5.74, 6) is -2.84. The monoisotopic (exact) mass is 694 g/mol. The van der Waals surface area contributed by atoms with E-state index in [4.69, 9.17) is 26.8 Å². The number of nitrogens with zero attached hydrogens (tertiary/aromatic N) is 2. The third-order valence-corrected chi connectivity index (χ3v) is 8.57. The largest absolute Gasteiger partial charge is 0.586 e. The van der Waals surface area contributed by atoms with Gasteiger partial charge in [-0.3, -0.25) is 9.59 Å². The quantitative estimate of drug-likeness (QED) is 0.229. The minimum atomic E-state index is -5.46. The number of methoxy groups -OCH3 is 1. The molecule has 2 aromatic carbocycles. The van der Waals surface area contributed by atoms with Crippen molar-refractivity contribution in [2.75, 3.05) is 20.3 Å². The first-order valence-corrected chi connectivity index (χ1v) is 14.4. The highest BCUT2D eigenvalue weighted by molar-refractivity contribution is 6.31. The van der Waals surface area contributed by atoms with Crippen LogP contribution < -0.4 is 30.0 Å². The standard InChI is InChI=1S/C31H24ClF5N4O7/c1-13-18(32)7-15-6-16(9-21(45-3)23(15)40-13)26(42)39-11-29(44,30(33,34)35)22-10-17-25(46-12-28(17,2)27(38)43)24(41-22)14-4-5-19-20(8-14)48-31(36,37)47-19/h4-10,44H,11-12H2,1-3H3,(H2,38,43)(H,39,42)/t28-,29-/m0/s1. The van der Waals surface area contributed by atoms with Gasteiger partial charge in [-0.1, -0.05) is 11.6 Å². The summed E-state index contributed by atoms with van der Waals surface area (Å²) in [6.45, 7) is 1.12. The third kappa shape index (κ3) is 5.34. The number of pyridine rings is 2. The van der Waals surface area contributed by atoms with Crippen LogP contribution in [0.5, 0.6) is 23.0 Å². The van der Waals surface area contributed by atoms with Crippen molar-refractivity contribution < 1.29 is 55.6 Å². The number of ether oxygens (including phenoxy) is 4. The van der Waals surface area contributed by atoms with Crippen LogP contribution in [0.15, 0.2) is 42.5 Å². The molecule has 0 fully saturated rings. The molecule has 4 N–H and O–H groups in total. The van der Waals surface area contributed by atoms with Gasteiger partial charge < -0.3 is 35.1 Å². The summed E-state index contributed by atoms with van der Waals surface area (Å²) in [6, 6.07) is 8.21. The van der Waals surface area contributed by atoms with E-state index in [2.05, 4.69) is 24.8 Å². The van der Waals surface area contributed by atoms with Crippen LogP contribution in [0.4, 0.5) is 22.0 Å². The van der Waals surface area contributed by atoms with E-state index in [1.54, 1.807) is 6.92 Å². The molecular weight excluding hydrogens is 671 g/mol. The van der Waals surface area contributed by atoms with Gasteiger partial charge in [-0.05, 0) is 56.3 Å². The molecule has 48 heavy (non-hydrogen) atoms. The second kappa shape index (κ2) is 11.1. The maximum absolute atomic E-state index is 14.8. The molecule has 2 atom stereocenters. The molecule has 0 aliphatic carbocycles. The lowest BCUT2D eigenvalue weighted by molar-refractivity contribution is -0.286. The van der Waals surface area contributed by atoms with Gasteiger partial charge in [0.2, 0.25) is 11.5 Å². The third-order valence-electron chi connectivity index (χ3n) is 8.18. The van der Waals surface area contributed by atoms with Crippen LogP contribution in [0.25, 0.3) is 22.2 Å². The number of amides is 2. The maximum atomic E-state index is 14.8. The van der Waals surface area contributed by atoms with Crippen LogP contribution in [0.1, 0.15) is 34.2 Å². The SMILES string of the molecule is COc1cc(C(=O)NC[C@](O)(c2cc3c(c(-c4ccc5c(c4)OC(F)(F)O5)n2)OC[C@]3(C)C(N)=O)C(F)(F)F)cc2cc(Cl)c(C)nc12. The second-order valence-electron chi connectivity index (χ2n) is 11.4. The number of hydrogen-bond donors (Lipinski definition) is 3. The molecule has 0 bridgehead atoms. The molecule has 6 rings (SSSR count). The number of rotatable bonds is 7. The number of nitrogens with two attached hydrogens (primary N) is 1. The molecule has 2 amide bonds. The van der Waals surface area contributed by atoms with Crippen molar-refractivity contribution in [3.05, 3.63) is 70.0 Å². The van der Waals surface area contributed by atoms with Crippen molar-refractivity contribution in [3.63, 3.8) is 0 Å². The van der Waals surface area contributed by atoms with Crippen molar-refractivity contribution in [3.8, 4) is 34.3 Å². The Hall–Kier alpha value is -4.96. The van der Waals surface area contributed by atoms with E-state index < -0.39 is 59.9 Å². The fraction of sp³-hybridized carbons (Fsp3) is 0.290. The Balaban J connectivity index is 1.43. The minimum absolute atomic E-state index is 0.0822. The predicted molar refractivity (Wildman–Crippen MR) is 158 cm³/mol. The number of alkyl halides is 5. The van der Waals surface area contributed by atoms with Gasteiger partial charge in [0.1, 0.15) is 34.7 Å². The molecule has 2 aliphatic heterocycles. The molecule has 0 saturated heterocycles. The van der Waals surface area contributed by atoms with Gasteiger partial charge in [0.15, 0.2) is 11.5 Å². The molecule has 252 valence electrons.